The number of unbranched alkanes of at least 4 members (excludes halogenated alkanes) is 2. The molecule has 1 aromatic carbocycles. The van der Waals surface area contributed by atoms with Crippen molar-refractivity contribution in [3.63, 3.8) is 0 Å². The Kier molecular flexibility index (Phi) is 7.69. The highest BCUT2D eigenvalue weighted by atomic mass is 32.2. The lowest BCUT2D eigenvalue weighted by molar-refractivity contribution is -0.119. The molecule has 1 unspecified atom stereocenters. The Morgan fingerprint density at radius 3 is 2.73 bits per heavy atom. The van der Waals surface area contributed by atoms with Gasteiger partial charge in [-0.1, -0.05) is 50.1 Å². The molecule has 26 heavy (non-hydrogen) atoms. The Morgan fingerprint density at radius 1 is 1.23 bits per heavy atom. The monoisotopic (exact) mass is 374 g/mol. The highest BCUT2D eigenvalue weighted by molar-refractivity contribution is 7.99. The minimum absolute atomic E-state index is 0.0483. The summed E-state index contributed by atoms with van der Waals surface area (Å²) in [6.07, 6.45) is 4.60. The molecule has 0 saturated heterocycles. The van der Waals surface area contributed by atoms with Crippen molar-refractivity contribution in [1.82, 2.24) is 20.1 Å². The SMILES string of the molecule is CCCCCC(C)NC(=O)CSc1nnc(C)n1-c1cc(C)ccc1C. The van der Waals surface area contributed by atoms with Crippen molar-refractivity contribution in [3.05, 3.63) is 35.2 Å². The summed E-state index contributed by atoms with van der Waals surface area (Å²) >= 11 is 1.43. The first-order chi connectivity index (χ1) is 12.4. The fraction of sp³-hybridized carbons (Fsp3) is 0.550. The first-order valence-electron chi connectivity index (χ1n) is 9.34. The number of nitrogens with one attached hydrogen (secondary N) is 1. The number of aromatic nitrogens is 3. The number of aryl methyl sites for hydroxylation is 3. The summed E-state index contributed by atoms with van der Waals surface area (Å²) in [4.78, 5) is 12.2. The summed E-state index contributed by atoms with van der Waals surface area (Å²) in [6, 6.07) is 6.54. The molecular formula is C20H30N4OS. The molecule has 2 aromatic rings. The molecule has 0 saturated carbocycles. The Labute approximate surface area is 161 Å². The van der Waals surface area contributed by atoms with E-state index in [1.807, 2.05) is 11.5 Å². The number of amides is 1. The van der Waals surface area contributed by atoms with Crippen LogP contribution in [0.5, 0.6) is 0 Å². The highest BCUT2D eigenvalue weighted by Crippen LogP contribution is 2.24. The third-order valence-electron chi connectivity index (χ3n) is 4.38. The van der Waals surface area contributed by atoms with Crippen LogP contribution in [0.2, 0.25) is 0 Å². The number of carbonyl (C=O) groups excluding carboxylic acids is 1. The van der Waals surface area contributed by atoms with Crippen molar-refractivity contribution in [2.45, 2.75) is 71.5 Å². The van der Waals surface area contributed by atoms with Crippen molar-refractivity contribution in [1.29, 1.82) is 0 Å². The normalized spacial score (nSPS) is 12.2. The van der Waals surface area contributed by atoms with Crippen molar-refractivity contribution in [2.24, 2.45) is 0 Å². The maximum Gasteiger partial charge on any atom is 0.230 e. The van der Waals surface area contributed by atoms with Gasteiger partial charge in [0.05, 0.1) is 11.4 Å². The maximum absolute atomic E-state index is 12.2. The molecule has 0 fully saturated rings. The minimum Gasteiger partial charge on any atom is -0.353 e. The highest BCUT2D eigenvalue weighted by Gasteiger charge is 2.15. The van der Waals surface area contributed by atoms with E-state index in [0.717, 1.165) is 35.1 Å². The molecule has 0 aliphatic carbocycles. The number of nitrogens with zero attached hydrogens (tertiary/aromatic N) is 3. The van der Waals surface area contributed by atoms with E-state index < -0.39 is 0 Å². The predicted molar refractivity (Wildman–Crippen MR) is 108 cm³/mol. The molecule has 1 aromatic heterocycles. The molecule has 6 heteroatoms. The van der Waals surface area contributed by atoms with Gasteiger partial charge in [-0.25, -0.2) is 0 Å². The van der Waals surface area contributed by atoms with Gasteiger partial charge in [0, 0.05) is 6.04 Å². The smallest absolute Gasteiger partial charge is 0.230 e. The summed E-state index contributed by atoms with van der Waals surface area (Å²) in [5.41, 5.74) is 3.42. The number of hydrogen-bond acceptors (Lipinski definition) is 4. The summed E-state index contributed by atoms with van der Waals surface area (Å²) in [5.74, 6) is 1.22. The standard InChI is InChI=1S/C20H30N4OS/c1-6-7-8-9-16(4)21-19(25)13-26-20-23-22-17(5)24(20)18-12-14(2)10-11-15(18)3/h10-12,16H,6-9,13H2,1-5H3,(H,21,25). The Morgan fingerprint density at radius 2 is 2.00 bits per heavy atom. The van der Waals surface area contributed by atoms with Gasteiger partial charge in [0.15, 0.2) is 5.16 Å². The van der Waals surface area contributed by atoms with Gasteiger partial charge in [-0.3, -0.25) is 9.36 Å². The van der Waals surface area contributed by atoms with E-state index in [9.17, 15) is 4.79 Å². The van der Waals surface area contributed by atoms with Crippen LogP contribution in [0.3, 0.4) is 0 Å². The van der Waals surface area contributed by atoms with E-state index in [4.69, 9.17) is 0 Å². The van der Waals surface area contributed by atoms with E-state index in [1.54, 1.807) is 0 Å². The zero-order valence-electron chi connectivity index (χ0n) is 16.5. The number of rotatable bonds is 9. The van der Waals surface area contributed by atoms with Gasteiger partial charge in [0.25, 0.3) is 0 Å². The van der Waals surface area contributed by atoms with Gasteiger partial charge in [0.2, 0.25) is 5.91 Å². The molecule has 0 spiro atoms. The van der Waals surface area contributed by atoms with Crippen molar-refractivity contribution in [2.75, 3.05) is 5.75 Å². The van der Waals surface area contributed by atoms with E-state index in [2.05, 4.69) is 61.4 Å². The minimum atomic E-state index is 0.0483. The maximum atomic E-state index is 12.2. The van der Waals surface area contributed by atoms with Gasteiger partial charge in [-0.2, -0.15) is 0 Å². The Hall–Kier alpha value is -1.82. The number of carbonyl (C=O) groups is 1. The van der Waals surface area contributed by atoms with Crippen LogP contribution >= 0.6 is 11.8 Å². The molecule has 142 valence electrons. The van der Waals surface area contributed by atoms with Crippen LogP contribution in [-0.4, -0.2) is 32.5 Å². The third-order valence-corrected chi connectivity index (χ3v) is 5.31. The van der Waals surface area contributed by atoms with E-state index in [0.29, 0.717) is 5.75 Å². The van der Waals surface area contributed by atoms with Crippen molar-refractivity contribution in [3.8, 4) is 5.69 Å². The van der Waals surface area contributed by atoms with Gasteiger partial charge in [-0.05, 0) is 51.3 Å². The quantitative estimate of drug-likeness (QED) is 0.523. The van der Waals surface area contributed by atoms with Crippen LogP contribution in [0.1, 0.15) is 56.5 Å². The summed E-state index contributed by atoms with van der Waals surface area (Å²) < 4.78 is 2.03. The van der Waals surface area contributed by atoms with Gasteiger partial charge in [-0.15, -0.1) is 10.2 Å². The molecule has 1 N–H and O–H groups in total. The summed E-state index contributed by atoms with van der Waals surface area (Å²) in [5, 5.41) is 12.3. The fourth-order valence-electron chi connectivity index (χ4n) is 2.89. The van der Waals surface area contributed by atoms with E-state index in [1.165, 1.54) is 30.2 Å². The molecule has 1 heterocycles. The van der Waals surface area contributed by atoms with Crippen LogP contribution in [0.4, 0.5) is 0 Å². The predicted octanol–water partition coefficient (Wildman–Crippen LogP) is 4.37. The fourth-order valence-corrected chi connectivity index (χ4v) is 3.70. The van der Waals surface area contributed by atoms with Crippen LogP contribution in [0.25, 0.3) is 5.69 Å². The van der Waals surface area contributed by atoms with E-state index >= 15 is 0 Å². The lowest BCUT2D eigenvalue weighted by atomic mass is 10.1. The third kappa shape index (κ3) is 5.59. The van der Waals surface area contributed by atoms with Crippen LogP contribution in [0.15, 0.2) is 23.4 Å². The average Bonchev–Trinajstić information content (AvgIpc) is 2.96. The number of hydrogen-bond donors (Lipinski definition) is 1. The average molecular weight is 375 g/mol. The molecule has 2 rings (SSSR count). The first-order valence-corrected chi connectivity index (χ1v) is 10.3. The second-order valence-corrected chi connectivity index (χ2v) is 7.85. The lowest BCUT2D eigenvalue weighted by Gasteiger charge is -2.14. The molecule has 1 atom stereocenters. The van der Waals surface area contributed by atoms with Crippen molar-refractivity contribution >= 4 is 17.7 Å². The van der Waals surface area contributed by atoms with Crippen LogP contribution in [0, 0.1) is 20.8 Å². The Balaban J connectivity index is 2.01. The molecule has 0 bridgehead atoms. The van der Waals surface area contributed by atoms with Crippen molar-refractivity contribution < 1.29 is 4.79 Å². The van der Waals surface area contributed by atoms with Crippen LogP contribution < -0.4 is 5.32 Å². The lowest BCUT2D eigenvalue weighted by Crippen LogP contribution is -2.33. The summed E-state index contributed by atoms with van der Waals surface area (Å²) in [7, 11) is 0. The van der Waals surface area contributed by atoms with Crippen LogP contribution in [-0.2, 0) is 4.79 Å². The first kappa shape index (κ1) is 20.5. The zero-order chi connectivity index (χ0) is 19.1. The van der Waals surface area contributed by atoms with E-state index in [-0.39, 0.29) is 11.9 Å². The second-order valence-electron chi connectivity index (χ2n) is 6.91. The van der Waals surface area contributed by atoms with Gasteiger partial charge >= 0.3 is 0 Å². The number of thioether (sulfide) groups is 1. The molecule has 1 amide bonds. The molecule has 0 aliphatic rings. The molecule has 5 nitrogen and oxygen atoms in total. The van der Waals surface area contributed by atoms with Gasteiger partial charge < -0.3 is 5.32 Å². The Bertz CT molecular complexity index is 741. The molecule has 0 aliphatic heterocycles. The molecule has 0 radical (unpaired) electrons. The topological polar surface area (TPSA) is 59.8 Å². The zero-order valence-corrected chi connectivity index (χ0v) is 17.3. The summed E-state index contributed by atoms with van der Waals surface area (Å²) in [6.45, 7) is 10.3. The number of benzene rings is 1. The second kappa shape index (κ2) is 9.76. The van der Waals surface area contributed by atoms with Gasteiger partial charge in [0.1, 0.15) is 5.82 Å². The largest absolute Gasteiger partial charge is 0.353 e. The molecular weight excluding hydrogens is 344 g/mol.